The molecule has 2 aromatic rings. The molecule has 1 aliphatic heterocycles. The molecule has 1 fully saturated rings. The first-order chi connectivity index (χ1) is 12.6. The minimum atomic E-state index is -0.105. The van der Waals surface area contributed by atoms with E-state index in [2.05, 4.69) is 0 Å². The van der Waals surface area contributed by atoms with Crippen LogP contribution in [-0.4, -0.2) is 62.0 Å². The van der Waals surface area contributed by atoms with Crippen LogP contribution in [0.1, 0.15) is 15.2 Å². The van der Waals surface area contributed by atoms with Gasteiger partial charge >= 0.3 is 0 Å². The van der Waals surface area contributed by atoms with Crippen LogP contribution in [0.5, 0.6) is 11.5 Å². The molecule has 1 aromatic carbocycles. The molecule has 0 spiro atoms. The van der Waals surface area contributed by atoms with Gasteiger partial charge in [0.25, 0.3) is 5.91 Å². The molecule has 2 heterocycles. The van der Waals surface area contributed by atoms with Gasteiger partial charge in [-0.1, -0.05) is 6.07 Å². The third-order valence-corrected chi connectivity index (χ3v) is 5.34. The first-order valence-corrected chi connectivity index (χ1v) is 9.32. The van der Waals surface area contributed by atoms with E-state index in [0.29, 0.717) is 49.7 Å². The van der Waals surface area contributed by atoms with Crippen molar-refractivity contribution >= 4 is 23.2 Å². The number of nitrogens with zero attached hydrogens (tertiary/aromatic N) is 2. The molecule has 1 aromatic heterocycles. The van der Waals surface area contributed by atoms with Gasteiger partial charge in [0.2, 0.25) is 5.91 Å². The Morgan fingerprint density at radius 1 is 1.04 bits per heavy atom. The molecule has 26 heavy (non-hydrogen) atoms. The van der Waals surface area contributed by atoms with Crippen LogP contribution in [0, 0.1) is 0 Å². The smallest absolute Gasteiger partial charge is 0.257 e. The van der Waals surface area contributed by atoms with Crippen molar-refractivity contribution in [3.8, 4) is 11.5 Å². The Balaban J connectivity index is 1.62. The molecule has 0 aliphatic carbocycles. The number of methoxy groups -OCH3 is 2. The van der Waals surface area contributed by atoms with E-state index >= 15 is 0 Å². The number of ether oxygens (including phenoxy) is 2. The Morgan fingerprint density at radius 2 is 1.77 bits per heavy atom. The lowest BCUT2D eigenvalue weighted by atomic mass is 10.1. The second kappa shape index (κ2) is 8.23. The zero-order chi connectivity index (χ0) is 18.5. The van der Waals surface area contributed by atoms with Crippen molar-refractivity contribution in [2.75, 3.05) is 40.4 Å². The van der Waals surface area contributed by atoms with Crippen LogP contribution in [0.15, 0.2) is 35.7 Å². The van der Waals surface area contributed by atoms with Crippen LogP contribution in [0.25, 0.3) is 0 Å². The van der Waals surface area contributed by atoms with Crippen molar-refractivity contribution in [1.29, 1.82) is 0 Å². The lowest BCUT2D eigenvalue weighted by molar-refractivity contribution is -0.131. The predicted octanol–water partition coefficient (Wildman–Crippen LogP) is 2.29. The van der Waals surface area contributed by atoms with Crippen LogP contribution in [0.4, 0.5) is 0 Å². The summed E-state index contributed by atoms with van der Waals surface area (Å²) in [4.78, 5) is 29.9. The third kappa shape index (κ3) is 3.99. The number of carbonyl (C=O) groups excluding carboxylic acids is 2. The zero-order valence-electron chi connectivity index (χ0n) is 14.9. The highest BCUT2D eigenvalue weighted by Crippen LogP contribution is 2.25. The SMILES string of the molecule is COc1ccc(OC)c(C(=O)N2CCN(C(=O)Cc3cccs3)CC2)c1. The topological polar surface area (TPSA) is 59.1 Å². The molecule has 7 heteroatoms. The summed E-state index contributed by atoms with van der Waals surface area (Å²) in [5, 5.41) is 1.97. The van der Waals surface area contributed by atoms with Crippen molar-refractivity contribution in [1.82, 2.24) is 9.80 Å². The maximum Gasteiger partial charge on any atom is 0.257 e. The number of piperazine rings is 1. The third-order valence-electron chi connectivity index (χ3n) is 4.46. The Hall–Kier alpha value is -2.54. The van der Waals surface area contributed by atoms with Gasteiger partial charge in [-0.2, -0.15) is 0 Å². The minimum Gasteiger partial charge on any atom is -0.497 e. The lowest BCUT2D eigenvalue weighted by Gasteiger charge is -2.35. The molecule has 0 atom stereocenters. The number of benzene rings is 1. The van der Waals surface area contributed by atoms with Gasteiger partial charge in [-0.05, 0) is 29.6 Å². The number of thiophene rings is 1. The monoisotopic (exact) mass is 374 g/mol. The molecular weight excluding hydrogens is 352 g/mol. The first kappa shape index (κ1) is 18.3. The Bertz CT molecular complexity index is 768. The van der Waals surface area contributed by atoms with Gasteiger partial charge in [0.05, 0.1) is 26.2 Å². The molecule has 0 unspecified atom stereocenters. The van der Waals surface area contributed by atoms with Gasteiger partial charge in [0, 0.05) is 31.1 Å². The number of amides is 2. The van der Waals surface area contributed by atoms with E-state index in [4.69, 9.17) is 9.47 Å². The van der Waals surface area contributed by atoms with Gasteiger partial charge in [-0.25, -0.2) is 0 Å². The van der Waals surface area contributed by atoms with E-state index in [1.54, 1.807) is 48.7 Å². The summed E-state index contributed by atoms with van der Waals surface area (Å²) in [5.74, 6) is 1.13. The Morgan fingerprint density at radius 3 is 2.38 bits per heavy atom. The lowest BCUT2D eigenvalue weighted by Crippen LogP contribution is -2.51. The summed E-state index contributed by atoms with van der Waals surface area (Å²) >= 11 is 1.59. The van der Waals surface area contributed by atoms with Crippen molar-refractivity contribution < 1.29 is 19.1 Å². The van der Waals surface area contributed by atoms with Crippen LogP contribution >= 0.6 is 11.3 Å². The molecule has 6 nitrogen and oxygen atoms in total. The van der Waals surface area contributed by atoms with E-state index in [1.165, 1.54) is 0 Å². The fraction of sp³-hybridized carbons (Fsp3) is 0.368. The average molecular weight is 374 g/mol. The normalized spacial score (nSPS) is 14.2. The number of hydrogen-bond donors (Lipinski definition) is 0. The summed E-state index contributed by atoms with van der Waals surface area (Å²) < 4.78 is 10.5. The fourth-order valence-corrected chi connectivity index (χ4v) is 3.68. The van der Waals surface area contributed by atoms with Gasteiger partial charge in [-0.15, -0.1) is 11.3 Å². The predicted molar refractivity (Wildman–Crippen MR) is 100 cm³/mol. The highest BCUT2D eigenvalue weighted by molar-refractivity contribution is 7.10. The van der Waals surface area contributed by atoms with Crippen LogP contribution in [0.3, 0.4) is 0 Å². The molecule has 0 N–H and O–H groups in total. The van der Waals surface area contributed by atoms with Crippen LogP contribution < -0.4 is 9.47 Å². The molecule has 0 saturated carbocycles. The van der Waals surface area contributed by atoms with E-state index < -0.39 is 0 Å². The van der Waals surface area contributed by atoms with Gasteiger partial charge in [0.15, 0.2) is 0 Å². The molecule has 3 rings (SSSR count). The number of carbonyl (C=O) groups is 2. The zero-order valence-corrected chi connectivity index (χ0v) is 15.8. The average Bonchev–Trinajstić information content (AvgIpc) is 3.20. The maximum absolute atomic E-state index is 12.9. The van der Waals surface area contributed by atoms with Crippen molar-refractivity contribution in [3.05, 3.63) is 46.2 Å². The highest BCUT2D eigenvalue weighted by atomic mass is 32.1. The molecule has 0 radical (unpaired) electrons. The summed E-state index contributed by atoms with van der Waals surface area (Å²) in [7, 11) is 3.10. The van der Waals surface area contributed by atoms with Crippen molar-refractivity contribution in [2.24, 2.45) is 0 Å². The summed E-state index contributed by atoms with van der Waals surface area (Å²) in [6.07, 6.45) is 0.426. The molecule has 1 aliphatic rings. The fourth-order valence-electron chi connectivity index (χ4n) is 2.98. The molecule has 0 bridgehead atoms. The number of rotatable bonds is 5. The quantitative estimate of drug-likeness (QED) is 0.806. The minimum absolute atomic E-state index is 0.105. The van der Waals surface area contributed by atoms with Gasteiger partial charge in [-0.3, -0.25) is 9.59 Å². The maximum atomic E-state index is 12.9. The van der Waals surface area contributed by atoms with E-state index in [9.17, 15) is 9.59 Å². The van der Waals surface area contributed by atoms with E-state index in [1.807, 2.05) is 22.4 Å². The summed E-state index contributed by atoms with van der Waals surface area (Å²) in [5.41, 5.74) is 0.477. The molecule has 1 saturated heterocycles. The van der Waals surface area contributed by atoms with E-state index in [-0.39, 0.29) is 11.8 Å². The first-order valence-electron chi connectivity index (χ1n) is 8.44. The number of hydrogen-bond acceptors (Lipinski definition) is 5. The van der Waals surface area contributed by atoms with Gasteiger partial charge in [0.1, 0.15) is 11.5 Å². The second-order valence-electron chi connectivity index (χ2n) is 6.00. The van der Waals surface area contributed by atoms with Crippen LogP contribution in [0.2, 0.25) is 0 Å². The van der Waals surface area contributed by atoms with Crippen molar-refractivity contribution in [2.45, 2.75) is 6.42 Å². The van der Waals surface area contributed by atoms with E-state index in [0.717, 1.165) is 4.88 Å². The highest BCUT2D eigenvalue weighted by Gasteiger charge is 2.26. The standard InChI is InChI=1S/C19H22N2O4S/c1-24-14-5-6-17(25-2)16(12-14)19(23)21-9-7-20(8-10-21)18(22)13-15-4-3-11-26-15/h3-6,11-12H,7-10,13H2,1-2H3. The molecule has 2 amide bonds. The summed E-state index contributed by atoms with van der Waals surface area (Å²) in [6, 6.07) is 9.10. The Labute approximate surface area is 156 Å². The van der Waals surface area contributed by atoms with Gasteiger partial charge < -0.3 is 19.3 Å². The second-order valence-corrected chi connectivity index (χ2v) is 7.03. The summed E-state index contributed by atoms with van der Waals surface area (Å²) in [6.45, 7) is 2.11. The molecule has 138 valence electrons. The largest absolute Gasteiger partial charge is 0.497 e. The molecular formula is C19H22N2O4S. The Kier molecular flexibility index (Phi) is 5.78. The van der Waals surface area contributed by atoms with Crippen molar-refractivity contribution in [3.63, 3.8) is 0 Å². The van der Waals surface area contributed by atoms with Crippen LogP contribution in [-0.2, 0) is 11.2 Å².